The number of benzene rings is 2. The van der Waals surface area contributed by atoms with E-state index < -0.39 is 5.97 Å². The van der Waals surface area contributed by atoms with Gasteiger partial charge in [0.15, 0.2) is 0 Å². The summed E-state index contributed by atoms with van der Waals surface area (Å²) in [5.41, 5.74) is 2.63. The summed E-state index contributed by atoms with van der Waals surface area (Å²) in [5, 5.41) is 10.1. The smallest absolute Gasteiger partial charge is 0.307 e. The number of rotatable bonds is 6. The van der Waals surface area contributed by atoms with Gasteiger partial charge in [0.1, 0.15) is 17.1 Å². The monoisotopic (exact) mass is 388 g/mol. The van der Waals surface area contributed by atoms with Crippen molar-refractivity contribution in [1.29, 1.82) is 0 Å². The minimum absolute atomic E-state index is 0.0351. The van der Waals surface area contributed by atoms with Gasteiger partial charge >= 0.3 is 5.97 Å². The molecule has 0 aliphatic carbocycles. The molecule has 1 N–H and O–H groups in total. The molecule has 0 fully saturated rings. The number of ether oxygens (including phenoxy) is 1. The third-order valence-electron chi connectivity index (χ3n) is 3.97. The number of methoxy groups -OCH3 is 1. The van der Waals surface area contributed by atoms with Gasteiger partial charge in [-0.1, -0.05) is 28.1 Å². The Morgan fingerprint density at radius 3 is 2.58 bits per heavy atom. The first kappa shape index (κ1) is 16.6. The van der Waals surface area contributed by atoms with Crippen molar-refractivity contribution in [2.45, 2.75) is 19.3 Å². The van der Waals surface area contributed by atoms with Crippen molar-refractivity contribution in [3.05, 3.63) is 63.8 Å². The van der Waals surface area contributed by atoms with Crippen LogP contribution in [0, 0.1) is 0 Å². The maximum absolute atomic E-state index is 11.2. The van der Waals surface area contributed by atoms with E-state index in [1.807, 2.05) is 42.5 Å². The molecule has 24 heavy (non-hydrogen) atoms. The fraction of sp³-hybridized carbons (Fsp3) is 0.211. The summed E-state index contributed by atoms with van der Waals surface area (Å²) in [6.07, 6.45) is 1.39. The predicted molar refractivity (Wildman–Crippen MR) is 95.7 cm³/mol. The Hall–Kier alpha value is -2.27. The minimum atomic E-state index is -0.855. The Labute approximate surface area is 148 Å². The number of carboxylic acid groups (broad SMARTS) is 1. The second-order valence-electron chi connectivity index (χ2n) is 5.56. The number of hydrogen-bond acceptors (Lipinski definition) is 3. The molecule has 0 amide bonds. The molecule has 5 heteroatoms. The number of aliphatic carboxylic acids is 1. The number of halogens is 1. The fourth-order valence-electron chi connectivity index (χ4n) is 2.77. The van der Waals surface area contributed by atoms with Gasteiger partial charge in [-0.3, -0.25) is 4.79 Å². The highest BCUT2D eigenvalue weighted by Crippen LogP contribution is 2.30. The summed E-state index contributed by atoms with van der Waals surface area (Å²) in [5.74, 6) is 0.700. The average molecular weight is 389 g/mol. The van der Waals surface area contributed by atoms with Crippen LogP contribution in [0.25, 0.3) is 11.0 Å². The van der Waals surface area contributed by atoms with Crippen LogP contribution in [-0.4, -0.2) is 18.2 Å². The maximum atomic E-state index is 11.2. The lowest BCUT2D eigenvalue weighted by atomic mass is 10.0. The zero-order valence-electron chi connectivity index (χ0n) is 13.2. The van der Waals surface area contributed by atoms with Crippen LogP contribution in [-0.2, 0) is 24.1 Å². The van der Waals surface area contributed by atoms with Crippen molar-refractivity contribution in [3.8, 4) is 5.75 Å². The maximum Gasteiger partial charge on any atom is 0.307 e. The topological polar surface area (TPSA) is 59.7 Å². The molecule has 0 atom stereocenters. The van der Waals surface area contributed by atoms with Gasteiger partial charge < -0.3 is 14.3 Å². The zero-order valence-corrected chi connectivity index (χ0v) is 14.8. The largest absolute Gasteiger partial charge is 0.497 e. The highest BCUT2D eigenvalue weighted by atomic mass is 79.9. The molecule has 1 aromatic heterocycles. The van der Waals surface area contributed by atoms with Gasteiger partial charge in [-0.15, -0.1) is 0 Å². The van der Waals surface area contributed by atoms with E-state index in [2.05, 4.69) is 15.9 Å². The van der Waals surface area contributed by atoms with Gasteiger partial charge in [0.2, 0.25) is 0 Å². The molecule has 1 heterocycles. The van der Waals surface area contributed by atoms with E-state index in [0.717, 1.165) is 38.9 Å². The molecule has 2 aromatic carbocycles. The molecule has 3 rings (SSSR count). The van der Waals surface area contributed by atoms with Crippen LogP contribution in [0.4, 0.5) is 0 Å². The van der Waals surface area contributed by atoms with Crippen molar-refractivity contribution < 1.29 is 19.1 Å². The van der Waals surface area contributed by atoms with E-state index in [0.29, 0.717) is 12.0 Å². The van der Waals surface area contributed by atoms with Gasteiger partial charge in [0.25, 0.3) is 0 Å². The molecule has 0 unspecified atom stereocenters. The normalized spacial score (nSPS) is 10.9. The van der Waals surface area contributed by atoms with E-state index in [1.165, 1.54) is 0 Å². The molecular formula is C19H17BrO4. The second-order valence-corrected chi connectivity index (χ2v) is 6.48. The zero-order chi connectivity index (χ0) is 17.1. The fourth-order valence-corrected chi connectivity index (χ4v) is 3.11. The number of carbonyl (C=O) groups is 1. The molecule has 0 spiro atoms. The van der Waals surface area contributed by atoms with E-state index in [1.54, 1.807) is 7.11 Å². The Kier molecular flexibility index (Phi) is 4.90. The standard InChI is InChI=1S/C19H17BrO4/c1-23-14-6-2-12(3-7-14)4-9-17-16(11-19(21)22)15-8-5-13(20)10-18(15)24-17/h2-3,5-8,10H,4,9,11H2,1H3,(H,21,22). The minimum Gasteiger partial charge on any atom is -0.497 e. The lowest BCUT2D eigenvalue weighted by Crippen LogP contribution is -2.03. The van der Waals surface area contributed by atoms with Crippen LogP contribution < -0.4 is 4.74 Å². The lowest BCUT2D eigenvalue weighted by Gasteiger charge is -2.04. The number of carboxylic acids is 1. The third kappa shape index (κ3) is 3.62. The summed E-state index contributed by atoms with van der Waals surface area (Å²) < 4.78 is 12.0. The Morgan fingerprint density at radius 2 is 1.92 bits per heavy atom. The van der Waals surface area contributed by atoms with Crippen molar-refractivity contribution >= 4 is 32.9 Å². The van der Waals surface area contributed by atoms with Crippen molar-refractivity contribution in [1.82, 2.24) is 0 Å². The third-order valence-corrected chi connectivity index (χ3v) is 4.46. The van der Waals surface area contributed by atoms with Crippen molar-refractivity contribution in [2.75, 3.05) is 7.11 Å². The Morgan fingerprint density at radius 1 is 1.17 bits per heavy atom. The Balaban J connectivity index is 1.87. The summed E-state index contributed by atoms with van der Waals surface area (Å²) in [4.78, 5) is 11.2. The quantitative estimate of drug-likeness (QED) is 0.669. The first-order valence-electron chi connectivity index (χ1n) is 7.61. The van der Waals surface area contributed by atoms with E-state index in [4.69, 9.17) is 9.15 Å². The summed E-state index contributed by atoms with van der Waals surface area (Å²) in [7, 11) is 1.64. The molecule has 0 aliphatic heterocycles. The molecule has 124 valence electrons. The molecular weight excluding hydrogens is 372 g/mol. The summed E-state index contributed by atoms with van der Waals surface area (Å²) >= 11 is 3.42. The van der Waals surface area contributed by atoms with Gasteiger partial charge in [0, 0.05) is 21.8 Å². The van der Waals surface area contributed by atoms with Crippen molar-refractivity contribution in [2.24, 2.45) is 0 Å². The van der Waals surface area contributed by atoms with Crippen LogP contribution in [0.15, 0.2) is 51.4 Å². The Bertz CT molecular complexity index is 865. The SMILES string of the molecule is COc1ccc(CCc2oc3cc(Br)ccc3c2CC(=O)O)cc1. The van der Waals surface area contributed by atoms with Crippen LogP contribution in [0.3, 0.4) is 0 Å². The molecule has 4 nitrogen and oxygen atoms in total. The van der Waals surface area contributed by atoms with Crippen LogP contribution in [0.2, 0.25) is 0 Å². The highest BCUT2D eigenvalue weighted by Gasteiger charge is 2.17. The van der Waals surface area contributed by atoms with E-state index in [-0.39, 0.29) is 6.42 Å². The van der Waals surface area contributed by atoms with Crippen LogP contribution in [0.1, 0.15) is 16.9 Å². The van der Waals surface area contributed by atoms with Crippen LogP contribution >= 0.6 is 15.9 Å². The summed E-state index contributed by atoms with van der Waals surface area (Å²) in [6.45, 7) is 0. The van der Waals surface area contributed by atoms with Gasteiger partial charge in [-0.25, -0.2) is 0 Å². The molecule has 3 aromatic rings. The van der Waals surface area contributed by atoms with E-state index in [9.17, 15) is 9.90 Å². The van der Waals surface area contributed by atoms with Gasteiger partial charge in [0.05, 0.1) is 13.5 Å². The first-order chi connectivity index (χ1) is 11.6. The van der Waals surface area contributed by atoms with Crippen LogP contribution in [0.5, 0.6) is 5.75 Å². The molecule has 0 saturated carbocycles. The second kappa shape index (κ2) is 7.09. The number of furan rings is 1. The van der Waals surface area contributed by atoms with Crippen molar-refractivity contribution in [3.63, 3.8) is 0 Å². The van der Waals surface area contributed by atoms with E-state index >= 15 is 0 Å². The molecule has 0 aliphatic rings. The van der Waals surface area contributed by atoms with Gasteiger partial charge in [-0.2, -0.15) is 0 Å². The predicted octanol–water partition coefficient (Wildman–Crippen LogP) is 4.62. The number of aryl methyl sites for hydroxylation is 2. The molecule has 0 bridgehead atoms. The summed E-state index contributed by atoms with van der Waals surface area (Å²) in [6, 6.07) is 13.5. The molecule has 0 radical (unpaired) electrons. The molecule has 0 saturated heterocycles. The number of fused-ring (bicyclic) bond motifs is 1. The lowest BCUT2D eigenvalue weighted by molar-refractivity contribution is -0.136. The van der Waals surface area contributed by atoms with Gasteiger partial charge in [-0.05, 0) is 42.3 Å². The average Bonchev–Trinajstić information content (AvgIpc) is 2.89. The highest BCUT2D eigenvalue weighted by molar-refractivity contribution is 9.10. The first-order valence-corrected chi connectivity index (χ1v) is 8.40. The number of hydrogen-bond donors (Lipinski definition) is 1.